The van der Waals surface area contributed by atoms with Gasteiger partial charge in [-0.15, -0.1) is 0 Å². The fourth-order valence-corrected chi connectivity index (χ4v) is 5.13. The molecule has 0 radical (unpaired) electrons. The molecular weight excluding hydrogens is 493 g/mol. The van der Waals surface area contributed by atoms with Crippen LogP contribution in [0.5, 0.6) is 0 Å². The topological polar surface area (TPSA) is 111 Å². The van der Waals surface area contributed by atoms with Crippen LogP contribution in [0, 0.1) is 17.9 Å². The van der Waals surface area contributed by atoms with Gasteiger partial charge in [0.05, 0.1) is 25.2 Å². The Hall–Kier alpha value is -3.32. The van der Waals surface area contributed by atoms with Crippen LogP contribution in [0.25, 0.3) is 4.85 Å². The molecule has 190 valence electrons. The van der Waals surface area contributed by atoms with Gasteiger partial charge in [-0.05, 0) is 24.1 Å². The van der Waals surface area contributed by atoms with Crippen LogP contribution in [0.1, 0.15) is 28.4 Å². The minimum atomic E-state index is -4.68. The number of amides is 1. The van der Waals surface area contributed by atoms with Crippen LogP contribution < -0.4 is 10.6 Å². The van der Waals surface area contributed by atoms with Crippen LogP contribution in [0.3, 0.4) is 0 Å². The average Bonchev–Trinajstić information content (AvgIpc) is 3.07. The second-order valence-electron chi connectivity index (χ2n) is 8.18. The van der Waals surface area contributed by atoms with Crippen LogP contribution in [0.2, 0.25) is 0 Å². The summed E-state index contributed by atoms with van der Waals surface area (Å²) in [5, 5.41) is 18.0. The molecule has 0 saturated carbocycles. The smallest absolute Gasteiger partial charge is 0.391 e. The van der Waals surface area contributed by atoms with Gasteiger partial charge in [-0.1, -0.05) is 42.1 Å². The first-order valence-corrected chi connectivity index (χ1v) is 12.1. The molecule has 1 fully saturated rings. The number of anilines is 1. The van der Waals surface area contributed by atoms with Crippen molar-refractivity contribution in [3.8, 4) is 6.07 Å². The highest BCUT2D eigenvalue weighted by molar-refractivity contribution is 8.00. The van der Waals surface area contributed by atoms with Gasteiger partial charge in [0.1, 0.15) is 22.2 Å². The van der Waals surface area contributed by atoms with Crippen molar-refractivity contribution in [1.29, 1.82) is 5.26 Å². The predicted molar refractivity (Wildman–Crippen MR) is 130 cm³/mol. The van der Waals surface area contributed by atoms with Crippen LogP contribution in [0.15, 0.2) is 35.4 Å². The zero-order valence-electron chi connectivity index (χ0n) is 19.3. The summed E-state index contributed by atoms with van der Waals surface area (Å²) < 4.78 is 40.7. The zero-order chi connectivity index (χ0) is 26.3. The number of hydrogen-bond acceptors (Lipinski definition) is 7. The summed E-state index contributed by atoms with van der Waals surface area (Å²) in [4.78, 5) is 23.9. The quantitative estimate of drug-likeness (QED) is 0.407. The molecule has 2 heterocycles. The number of nitrogens with zero attached hydrogens (tertiary/aromatic N) is 5. The third kappa shape index (κ3) is 6.66. The van der Waals surface area contributed by atoms with Crippen LogP contribution in [0.4, 0.5) is 24.7 Å². The van der Waals surface area contributed by atoms with Crippen molar-refractivity contribution in [3.05, 3.63) is 58.4 Å². The van der Waals surface area contributed by atoms with E-state index in [-0.39, 0.29) is 28.7 Å². The Bertz CT molecular complexity index is 1160. The lowest BCUT2D eigenvalue weighted by Crippen LogP contribution is -2.33. The minimum Gasteiger partial charge on any atom is -0.395 e. The monoisotopic (exact) mass is 518 g/mol. The van der Waals surface area contributed by atoms with Gasteiger partial charge < -0.3 is 15.7 Å². The van der Waals surface area contributed by atoms with Crippen LogP contribution >= 0.6 is 11.8 Å². The molecule has 1 atom stereocenters. The van der Waals surface area contributed by atoms with E-state index in [2.05, 4.69) is 9.83 Å². The molecule has 1 saturated heterocycles. The van der Waals surface area contributed by atoms with Gasteiger partial charge in [0.25, 0.3) is 0 Å². The Balaban J connectivity index is 2.15. The molecule has 2 aromatic rings. The number of aliphatic hydroxyl groups is 1. The number of nitriles is 1. The molecule has 36 heavy (non-hydrogen) atoms. The van der Waals surface area contributed by atoms with Gasteiger partial charge in [-0.25, -0.2) is 9.83 Å². The molecule has 0 bridgehead atoms. The second-order valence-corrected chi connectivity index (χ2v) is 9.27. The van der Waals surface area contributed by atoms with Gasteiger partial charge in [0.15, 0.2) is 0 Å². The van der Waals surface area contributed by atoms with Crippen LogP contribution in [-0.4, -0.2) is 66.4 Å². The molecule has 8 nitrogen and oxygen atoms in total. The number of halogens is 3. The van der Waals surface area contributed by atoms with E-state index in [0.717, 1.165) is 11.8 Å². The predicted octanol–water partition coefficient (Wildman–Crippen LogP) is 3.43. The van der Waals surface area contributed by atoms with E-state index < -0.39 is 29.3 Å². The molecule has 12 heteroatoms. The van der Waals surface area contributed by atoms with E-state index in [1.807, 2.05) is 4.90 Å². The van der Waals surface area contributed by atoms with Crippen molar-refractivity contribution in [1.82, 2.24) is 9.88 Å². The number of thioether (sulfide) groups is 1. The summed E-state index contributed by atoms with van der Waals surface area (Å²) in [5.41, 5.74) is 4.97. The third-order valence-corrected chi connectivity index (χ3v) is 6.97. The highest BCUT2D eigenvalue weighted by Gasteiger charge is 2.35. The maximum absolute atomic E-state index is 13.6. The Labute approximate surface area is 211 Å². The molecule has 1 unspecified atom stereocenters. The Morgan fingerprint density at radius 2 is 2.00 bits per heavy atom. The van der Waals surface area contributed by atoms with Crippen LogP contribution in [-0.2, 0) is 11.2 Å². The normalized spacial score (nSPS) is 15.6. The van der Waals surface area contributed by atoms with E-state index in [0.29, 0.717) is 44.7 Å². The molecule has 1 aromatic heterocycles. The summed E-state index contributed by atoms with van der Waals surface area (Å²) in [6.07, 6.45) is -5.51. The molecule has 1 aliphatic rings. The van der Waals surface area contributed by atoms with E-state index in [4.69, 9.17) is 12.3 Å². The van der Waals surface area contributed by atoms with Crippen molar-refractivity contribution in [2.45, 2.75) is 29.3 Å². The van der Waals surface area contributed by atoms with Crippen molar-refractivity contribution >= 4 is 29.2 Å². The van der Waals surface area contributed by atoms with Crippen molar-refractivity contribution in [2.24, 2.45) is 5.73 Å². The maximum Gasteiger partial charge on any atom is 0.391 e. The summed E-state index contributed by atoms with van der Waals surface area (Å²) in [7, 11) is 0. The average molecular weight is 519 g/mol. The van der Waals surface area contributed by atoms with Gasteiger partial charge >= 0.3 is 6.18 Å². The Kier molecular flexibility index (Phi) is 9.15. The number of benzene rings is 1. The van der Waals surface area contributed by atoms with Gasteiger partial charge in [-0.2, -0.15) is 18.4 Å². The number of hydrogen-bond donors (Lipinski definition) is 2. The second kappa shape index (κ2) is 12.1. The van der Waals surface area contributed by atoms with Gasteiger partial charge in [-0.3, -0.25) is 9.69 Å². The SMILES string of the molecule is [C-]#[N+]c1c(N2CCCN(CCO)CC2)nc(SC(C(N)=O)c2ccccc2)c(C#N)c1CC(F)(F)F. The number of carbonyl (C=O) groups excluding carboxylic acids is 1. The molecule has 1 amide bonds. The lowest BCUT2D eigenvalue weighted by atomic mass is 10.0. The zero-order valence-corrected chi connectivity index (χ0v) is 20.1. The lowest BCUT2D eigenvalue weighted by molar-refractivity contribution is -0.127. The third-order valence-electron chi connectivity index (χ3n) is 5.72. The highest BCUT2D eigenvalue weighted by Crippen LogP contribution is 2.44. The molecule has 1 aliphatic heterocycles. The first-order valence-electron chi connectivity index (χ1n) is 11.2. The molecule has 0 aliphatic carbocycles. The summed E-state index contributed by atoms with van der Waals surface area (Å²) >= 11 is 0.804. The standard InChI is InChI=1S/C24H25F3N6O2S/c1-30-19-17(14-24(25,26)27)18(15-28)23(36-20(21(29)35)16-6-3-2-4-7-16)31-22(19)33-9-5-8-32(10-11-33)12-13-34/h2-4,6-7,20,34H,5,8-14H2,(H2,29,35). The van der Waals surface area contributed by atoms with Crippen molar-refractivity contribution < 1.29 is 23.1 Å². The largest absolute Gasteiger partial charge is 0.395 e. The number of alkyl halides is 3. The molecule has 1 aromatic carbocycles. The molecule has 3 N–H and O–H groups in total. The van der Waals surface area contributed by atoms with E-state index in [1.165, 1.54) is 0 Å². The number of aromatic nitrogens is 1. The van der Waals surface area contributed by atoms with E-state index >= 15 is 0 Å². The summed E-state index contributed by atoms with van der Waals surface area (Å²) in [5.74, 6) is -0.688. The fraction of sp³-hybridized carbons (Fsp3) is 0.417. The summed E-state index contributed by atoms with van der Waals surface area (Å²) in [6, 6.07) is 10.2. The molecular formula is C24H25F3N6O2S. The Morgan fingerprint density at radius 1 is 1.28 bits per heavy atom. The minimum absolute atomic E-state index is 0.0209. The number of rotatable bonds is 8. The molecule has 3 rings (SSSR count). The van der Waals surface area contributed by atoms with Crippen molar-refractivity contribution in [2.75, 3.05) is 44.2 Å². The Morgan fingerprint density at radius 3 is 2.58 bits per heavy atom. The summed E-state index contributed by atoms with van der Waals surface area (Å²) in [6.45, 7) is 10.1. The number of carbonyl (C=O) groups is 1. The van der Waals surface area contributed by atoms with E-state index in [9.17, 15) is 28.3 Å². The fourth-order valence-electron chi connectivity index (χ4n) is 4.08. The molecule has 0 spiro atoms. The maximum atomic E-state index is 13.6. The number of aliphatic hydroxyl groups excluding tert-OH is 1. The number of nitrogens with two attached hydrogens (primary N) is 1. The number of β-amino-alcohol motifs (C(OH)–C–C–N with tert-alkyl or cyclic N) is 1. The number of primary amides is 1. The van der Waals surface area contributed by atoms with Crippen molar-refractivity contribution in [3.63, 3.8) is 0 Å². The highest BCUT2D eigenvalue weighted by atomic mass is 32.2. The lowest BCUT2D eigenvalue weighted by Gasteiger charge is -2.26. The first-order chi connectivity index (χ1) is 17.2. The first kappa shape index (κ1) is 27.3. The van der Waals surface area contributed by atoms with E-state index in [1.54, 1.807) is 41.3 Å². The van der Waals surface area contributed by atoms with Gasteiger partial charge in [0, 0.05) is 26.2 Å². The van der Waals surface area contributed by atoms with Gasteiger partial charge in [0.2, 0.25) is 11.6 Å². The number of pyridine rings is 1.